The lowest BCUT2D eigenvalue weighted by Gasteiger charge is -2.03. The van der Waals surface area contributed by atoms with Crippen LogP contribution in [-0.4, -0.2) is 28.3 Å². The maximum Gasteiger partial charge on any atom is 0.151 e. The Morgan fingerprint density at radius 1 is 1.28 bits per heavy atom. The van der Waals surface area contributed by atoms with Crippen LogP contribution in [0.3, 0.4) is 0 Å². The highest BCUT2D eigenvalue weighted by molar-refractivity contribution is 5.28. The molecule has 1 heterocycles. The average molecular weight is 246 g/mol. The second kappa shape index (κ2) is 6.16. The first-order valence-electron chi connectivity index (χ1n) is 6.13. The van der Waals surface area contributed by atoms with Crippen molar-refractivity contribution < 1.29 is 4.74 Å². The molecule has 0 saturated heterocycles. The van der Waals surface area contributed by atoms with Gasteiger partial charge in [0.1, 0.15) is 11.6 Å². The molecule has 2 aromatic rings. The van der Waals surface area contributed by atoms with Crippen LogP contribution in [0, 0.1) is 0 Å². The van der Waals surface area contributed by atoms with E-state index in [0.29, 0.717) is 19.6 Å². The van der Waals surface area contributed by atoms with Crippen LogP contribution in [0.15, 0.2) is 24.3 Å². The molecule has 96 valence electrons. The molecule has 5 heteroatoms. The number of benzene rings is 1. The lowest BCUT2D eigenvalue weighted by Crippen LogP contribution is -2.04. The van der Waals surface area contributed by atoms with Crippen molar-refractivity contribution in [1.29, 1.82) is 0 Å². The third kappa shape index (κ3) is 3.30. The van der Waals surface area contributed by atoms with Gasteiger partial charge in [0.15, 0.2) is 5.82 Å². The van der Waals surface area contributed by atoms with E-state index in [1.54, 1.807) is 0 Å². The molecule has 0 atom stereocenters. The molecule has 0 spiro atoms. The van der Waals surface area contributed by atoms with E-state index < -0.39 is 0 Å². The summed E-state index contributed by atoms with van der Waals surface area (Å²) in [4.78, 5) is 4.38. The van der Waals surface area contributed by atoms with E-state index in [9.17, 15) is 0 Å². The molecular weight excluding hydrogens is 228 g/mol. The van der Waals surface area contributed by atoms with Crippen LogP contribution in [0.5, 0.6) is 5.75 Å². The van der Waals surface area contributed by atoms with Crippen LogP contribution in [0.1, 0.15) is 24.1 Å². The monoisotopic (exact) mass is 246 g/mol. The second-order valence-electron chi connectivity index (χ2n) is 3.99. The van der Waals surface area contributed by atoms with Crippen molar-refractivity contribution in [3.8, 4) is 5.75 Å². The SMILES string of the molecule is CCOc1ccc(Cc2nc(CCN)n[nH]2)cc1. The van der Waals surface area contributed by atoms with Crippen molar-refractivity contribution in [2.24, 2.45) is 5.73 Å². The van der Waals surface area contributed by atoms with Crippen molar-refractivity contribution in [2.45, 2.75) is 19.8 Å². The molecule has 5 nitrogen and oxygen atoms in total. The van der Waals surface area contributed by atoms with Crippen LogP contribution < -0.4 is 10.5 Å². The predicted molar refractivity (Wildman–Crippen MR) is 69.6 cm³/mol. The van der Waals surface area contributed by atoms with Gasteiger partial charge in [-0.15, -0.1) is 0 Å². The van der Waals surface area contributed by atoms with E-state index >= 15 is 0 Å². The number of aromatic amines is 1. The summed E-state index contributed by atoms with van der Waals surface area (Å²) in [5, 5.41) is 7.04. The van der Waals surface area contributed by atoms with E-state index in [4.69, 9.17) is 10.5 Å². The zero-order valence-corrected chi connectivity index (χ0v) is 10.5. The Kier molecular flexibility index (Phi) is 4.30. The average Bonchev–Trinajstić information content (AvgIpc) is 2.80. The van der Waals surface area contributed by atoms with E-state index in [2.05, 4.69) is 15.2 Å². The third-order valence-electron chi connectivity index (χ3n) is 2.55. The molecule has 1 aromatic carbocycles. The van der Waals surface area contributed by atoms with E-state index in [1.165, 1.54) is 5.56 Å². The summed E-state index contributed by atoms with van der Waals surface area (Å²) in [7, 11) is 0. The summed E-state index contributed by atoms with van der Waals surface area (Å²) in [6, 6.07) is 8.01. The van der Waals surface area contributed by atoms with Crippen LogP contribution in [0.2, 0.25) is 0 Å². The van der Waals surface area contributed by atoms with Crippen molar-refractivity contribution in [1.82, 2.24) is 15.2 Å². The molecule has 1 aromatic heterocycles. The van der Waals surface area contributed by atoms with Gasteiger partial charge in [0, 0.05) is 12.8 Å². The summed E-state index contributed by atoms with van der Waals surface area (Å²) in [6.07, 6.45) is 1.45. The highest BCUT2D eigenvalue weighted by atomic mass is 16.5. The quantitative estimate of drug-likeness (QED) is 0.805. The van der Waals surface area contributed by atoms with Gasteiger partial charge < -0.3 is 10.5 Å². The molecule has 0 radical (unpaired) electrons. The molecule has 0 aliphatic rings. The zero-order chi connectivity index (χ0) is 12.8. The zero-order valence-electron chi connectivity index (χ0n) is 10.5. The van der Waals surface area contributed by atoms with Gasteiger partial charge in [-0.05, 0) is 31.2 Å². The van der Waals surface area contributed by atoms with Crippen molar-refractivity contribution in [3.63, 3.8) is 0 Å². The van der Waals surface area contributed by atoms with Gasteiger partial charge in [-0.3, -0.25) is 5.10 Å². The molecule has 0 bridgehead atoms. The Morgan fingerprint density at radius 2 is 2.06 bits per heavy atom. The Balaban J connectivity index is 1.99. The second-order valence-corrected chi connectivity index (χ2v) is 3.99. The molecular formula is C13H18N4O. The Hall–Kier alpha value is -1.88. The number of aromatic nitrogens is 3. The highest BCUT2D eigenvalue weighted by Crippen LogP contribution is 2.13. The summed E-state index contributed by atoms with van der Waals surface area (Å²) in [5.41, 5.74) is 6.63. The fraction of sp³-hybridized carbons (Fsp3) is 0.385. The summed E-state index contributed by atoms with van der Waals surface area (Å²) in [6.45, 7) is 3.23. The van der Waals surface area contributed by atoms with Crippen LogP contribution in [0.4, 0.5) is 0 Å². The number of hydrogen-bond acceptors (Lipinski definition) is 4. The number of ether oxygens (including phenoxy) is 1. The minimum Gasteiger partial charge on any atom is -0.494 e. The van der Waals surface area contributed by atoms with Gasteiger partial charge in [0.2, 0.25) is 0 Å². The van der Waals surface area contributed by atoms with Gasteiger partial charge in [0.05, 0.1) is 6.61 Å². The first kappa shape index (κ1) is 12.6. The molecule has 18 heavy (non-hydrogen) atoms. The van der Waals surface area contributed by atoms with Crippen molar-refractivity contribution in [3.05, 3.63) is 41.5 Å². The van der Waals surface area contributed by atoms with Crippen molar-refractivity contribution in [2.75, 3.05) is 13.2 Å². The number of rotatable bonds is 6. The molecule has 0 aliphatic heterocycles. The van der Waals surface area contributed by atoms with Crippen LogP contribution in [0.25, 0.3) is 0 Å². The van der Waals surface area contributed by atoms with Gasteiger partial charge in [-0.25, -0.2) is 4.98 Å². The topological polar surface area (TPSA) is 76.8 Å². The first-order valence-corrected chi connectivity index (χ1v) is 6.13. The molecule has 0 unspecified atom stereocenters. The first-order chi connectivity index (χ1) is 8.81. The van der Waals surface area contributed by atoms with Gasteiger partial charge in [0.25, 0.3) is 0 Å². The lowest BCUT2D eigenvalue weighted by atomic mass is 10.1. The molecule has 0 aliphatic carbocycles. The Labute approximate surface area is 106 Å². The van der Waals surface area contributed by atoms with E-state index in [1.807, 2.05) is 31.2 Å². The summed E-state index contributed by atoms with van der Waals surface area (Å²) < 4.78 is 5.40. The maximum absolute atomic E-state index is 5.46. The van der Waals surface area contributed by atoms with E-state index in [-0.39, 0.29) is 0 Å². The fourth-order valence-corrected chi connectivity index (χ4v) is 1.72. The number of hydrogen-bond donors (Lipinski definition) is 2. The van der Waals surface area contributed by atoms with Crippen molar-refractivity contribution >= 4 is 0 Å². The minimum atomic E-state index is 0.570. The predicted octanol–water partition coefficient (Wildman–Crippen LogP) is 1.30. The Morgan fingerprint density at radius 3 is 2.72 bits per heavy atom. The molecule has 3 N–H and O–H groups in total. The highest BCUT2D eigenvalue weighted by Gasteiger charge is 2.03. The number of H-pyrrole nitrogens is 1. The van der Waals surface area contributed by atoms with Crippen LogP contribution >= 0.6 is 0 Å². The Bertz CT molecular complexity index is 478. The molecule has 0 saturated carbocycles. The number of nitrogens with zero attached hydrogens (tertiary/aromatic N) is 2. The number of nitrogens with one attached hydrogen (secondary N) is 1. The number of nitrogens with two attached hydrogens (primary N) is 1. The van der Waals surface area contributed by atoms with E-state index in [0.717, 1.165) is 23.8 Å². The third-order valence-corrected chi connectivity index (χ3v) is 2.55. The summed E-state index contributed by atoms with van der Waals surface area (Å²) in [5.74, 6) is 2.53. The van der Waals surface area contributed by atoms with Gasteiger partial charge in [-0.2, -0.15) is 5.10 Å². The normalized spacial score (nSPS) is 10.6. The fourth-order valence-electron chi connectivity index (χ4n) is 1.72. The molecule has 2 rings (SSSR count). The molecule has 0 amide bonds. The standard InChI is InChI=1S/C13H18N4O/c1-2-18-11-5-3-10(4-6-11)9-13-15-12(7-8-14)16-17-13/h3-6H,2,7-9,14H2,1H3,(H,15,16,17). The van der Waals surface area contributed by atoms with Crippen LogP contribution in [-0.2, 0) is 12.8 Å². The largest absolute Gasteiger partial charge is 0.494 e. The minimum absolute atomic E-state index is 0.570. The van der Waals surface area contributed by atoms with Gasteiger partial charge in [-0.1, -0.05) is 12.1 Å². The van der Waals surface area contributed by atoms with Gasteiger partial charge >= 0.3 is 0 Å². The smallest absolute Gasteiger partial charge is 0.151 e. The molecule has 0 fully saturated rings. The lowest BCUT2D eigenvalue weighted by molar-refractivity contribution is 0.340. The maximum atomic E-state index is 5.46. The summed E-state index contributed by atoms with van der Waals surface area (Å²) >= 11 is 0.